The largest absolute Gasteiger partial charge is 0.504 e. The van der Waals surface area contributed by atoms with Crippen LogP contribution in [-0.4, -0.2) is 109 Å². The smallest absolute Gasteiger partial charge is 0.353 e. The van der Waals surface area contributed by atoms with E-state index in [1.165, 1.54) is 46.7 Å². The number of benzene rings is 1. The Balaban J connectivity index is 1.52. The second-order valence-electron chi connectivity index (χ2n) is 10.2. The monoisotopic (exact) mass is 548 g/mol. The lowest BCUT2D eigenvalue weighted by molar-refractivity contribution is -0.163. The molecular formula is C25H32N4O8S. The van der Waals surface area contributed by atoms with Crippen LogP contribution in [0.15, 0.2) is 28.8 Å². The van der Waals surface area contributed by atoms with Crippen LogP contribution in [0.1, 0.15) is 20.3 Å². The van der Waals surface area contributed by atoms with E-state index in [9.17, 15) is 39.6 Å². The molecule has 2 saturated heterocycles. The first-order valence-electron chi connectivity index (χ1n) is 12.2. The highest BCUT2D eigenvalue weighted by Gasteiger charge is 2.60. The lowest BCUT2D eigenvalue weighted by Crippen LogP contribution is -2.63. The van der Waals surface area contributed by atoms with Crippen LogP contribution in [-0.2, 0) is 19.2 Å². The van der Waals surface area contributed by atoms with Crippen molar-refractivity contribution in [1.82, 2.24) is 14.7 Å². The van der Waals surface area contributed by atoms with E-state index in [1.54, 1.807) is 19.0 Å². The van der Waals surface area contributed by atoms with Gasteiger partial charge in [0, 0.05) is 48.5 Å². The van der Waals surface area contributed by atoms with Crippen LogP contribution in [0.3, 0.4) is 0 Å². The van der Waals surface area contributed by atoms with Gasteiger partial charge in [0.25, 0.3) is 0 Å². The van der Waals surface area contributed by atoms with Gasteiger partial charge in [-0.05, 0) is 25.5 Å². The van der Waals surface area contributed by atoms with Crippen molar-refractivity contribution < 1.29 is 39.6 Å². The molecule has 4 rings (SSSR count). The Kier molecular flexibility index (Phi) is 7.64. The number of anilines is 1. The number of aliphatic hydroxyl groups excluding tert-OH is 1. The predicted octanol–water partition coefficient (Wildman–Crippen LogP) is 0.454. The Labute approximate surface area is 223 Å². The van der Waals surface area contributed by atoms with Gasteiger partial charge in [0.2, 0.25) is 17.7 Å². The first kappa shape index (κ1) is 27.7. The quantitative estimate of drug-likeness (QED) is 0.175. The summed E-state index contributed by atoms with van der Waals surface area (Å²) in [5.41, 5.74) is 0.206. The number of nitrogens with one attached hydrogen (secondary N) is 1. The van der Waals surface area contributed by atoms with Crippen molar-refractivity contribution in [3.05, 3.63) is 28.8 Å². The maximum Gasteiger partial charge on any atom is 0.353 e. The van der Waals surface area contributed by atoms with E-state index in [2.05, 4.69) is 5.32 Å². The number of amides is 3. The molecule has 38 heavy (non-hydrogen) atoms. The molecule has 0 aliphatic carbocycles. The predicted molar refractivity (Wildman–Crippen MR) is 138 cm³/mol. The fraction of sp³-hybridized carbons (Fsp3) is 0.520. The van der Waals surface area contributed by atoms with Gasteiger partial charge in [-0.1, -0.05) is 6.92 Å². The SMILES string of the molecule is C[C@@H](O)[C@H]1C(=O)N2C(C(=O)O)=C(S[C@H]3C[C@@H](C(=O)N(C)C)N(CC(=O)Nc4ccc(O)c(O)c4)C3)[C@H](C)[C@H]12. The van der Waals surface area contributed by atoms with Gasteiger partial charge in [-0.25, -0.2) is 4.79 Å². The number of aliphatic hydroxyl groups is 1. The van der Waals surface area contributed by atoms with Gasteiger partial charge in [0.15, 0.2) is 11.5 Å². The maximum absolute atomic E-state index is 13.0. The number of aliphatic carboxylic acids is 1. The molecule has 12 nitrogen and oxygen atoms in total. The number of hydrogen-bond acceptors (Lipinski definition) is 9. The first-order chi connectivity index (χ1) is 17.8. The number of carbonyl (C=O) groups excluding carboxylic acids is 3. The van der Waals surface area contributed by atoms with Gasteiger partial charge in [-0.15, -0.1) is 11.8 Å². The zero-order valence-electron chi connectivity index (χ0n) is 21.5. The van der Waals surface area contributed by atoms with E-state index in [1.807, 2.05) is 6.92 Å². The summed E-state index contributed by atoms with van der Waals surface area (Å²) in [6.07, 6.45) is -0.528. The third-order valence-corrected chi connectivity index (χ3v) is 8.80. The number of phenolic OH excluding ortho intramolecular Hbond substituents is 2. The molecule has 0 bridgehead atoms. The normalized spacial score (nSPS) is 27.7. The van der Waals surface area contributed by atoms with Crippen molar-refractivity contribution in [2.75, 3.05) is 32.5 Å². The summed E-state index contributed by atoms with van der Waals surface area (Å²) in [5.74, 6) is -3.90. The highest BCUT2D eigenvalue weighted by molar-refractivity contribution is 8.03. The van der Waals surface area contributed by atoms with Crippen LogP contribution >= 0.6 is 11.8 Å². The molecule has 3 amide bonds. The van der Waals surface area contributed by atoms with E-state index in [0.717, 1.165) is 0 Å². The number of carbonyl (C=O) groups is 4. The van der Waals surface area contributed by atoms with E-state index in [4.69, 9.17) is 0 Å². The third-order valence-electron chi connectivity index (χ3n) is 7.30. The van der Waals surface area contributed by atoms with Crippen molar-refractivity contribution in [1.29, 1.82) is 0 Å². The van der Waals surface area contributed by atoms with Crippen LogP contribution < -0.4 is 5.32 Å². The second kappa shape index (κ2) is 10.5. The molecule has 6 atom stereocenters. The standard InChI is InChI=1S/C25H32N4O8S/c1-11-20-19(12(2)30)24(35)29(20)21(25(36)37)22(11)38-14-8-15(23(34)27(3)4)28(9-14)10-18(33)26-13-5-6-16(31)17(32)7-13/h5-7,11-12,14-15,19-20,30-32H,8-10H2,1-4H3,(H,26,33)(H,36,37)/t11-,12-,14+,15+,19-,20-/m1/s1. The highest BCUT2D eigenvalue weighted by Crippen LogP contribution is 2.52. The number of β-lactam (4-membered cyclic amide) rings is 1. The van der Waals surface area contributed by atoms with Crippen LogP contribution in [0, 0.1) is 11.8 Å². The topological polar surface area (TPSA) is 171 Å². The molecule has 3 aliphatic heterocycles. The van der Waals surface area contributed by atoms with Crippen molar-refractivity contribution in [2.45, 2.75) is 43.7 Å². The molecule has 206 valence electrons. The number of hydrogen-bond donors (Lipinski definition) is 5. The average molecular weight is 549 g/mol. The van der Waals surface area contributed by atoms with Gasteiger partial charge in [0.05, 0.1) is 30.7 Å². The Morgan fingerprint density at radius 1 is 1.21 bits per heavy atom. The average Bonchev–Trinajstić information content (AvgIpc) is 3.32. The number of nitrogens with zero attached hydrogens (tertiary/aromatic N) is 3. The Morgan fingerprint density at radius 3 is 2.47 bits per heavy atom. The van der Waals surface area contributed by atoms with Gasteiger partial charge in [-0.2, -0.15) is 0 Å². The van der Waals surface area contributed by atoms with Crippen molar-refractivity contribution in [3.63, 3.8) is 0 Å². The lowest BCUT2D eigenvalue weighted by atomic mass is 9.79. The molecule has 0 unspecified atom stereocenters. The fourth-order valence-corrected chi connectivity index (χ4v) is 7.08. The summed E-state index contributed by atoms with van der Waals surface area (Å²) in [5, 5.41) is 41.6. The fourth-order valence-electron chi connectivity index (χ4n) is 5.52. The molecule has 1 aromatic rings. The van der Waals surface area contributed by atoms with Gasteiger partial charge in [0.1, 0.15) is 5.70 Å². The van der Waals surface area contributed by atoms with Gasteiger partial charge in [-0.3, -0.25) is 19.3 Å². The number of carboxylic acids is 1. The summed E-state index contributed by atoms with van der Waals surface area (Å²) >= 11 is 1.31. The summed E-state index contributed by atoms with van der Waals surface area (Å²) in [6.45, 7) is 3.56. The summed E-state index contributed by atoms with van der Waals surface area (Å²) < 4.78 is 0. The number of fused-ring (bicyclic) bond motifs is 1. The molecule has 3 aliphatic rings. The molecule has 0 aromatic heterocycles. The second-order valence-corrected chi connectivity index (χ2v) is 11.5. The summed E-state index contributed by atoms with van der Waals surface area (Å²) in [6, 6.07) is 2.85. The third kappa shape index (κ3) is 4.93. The van der Waals surface area contributed by atoms with Crippen LogP contribution in [0.2, 0.25) is 0 Å². The minimum Gasteiger partial charge on any atom is -0.504 e. The number of likely N-dealkylation sites (N-methyl/N-ethyl adjacent to an activating group) is 1. The Hall–Kier alpha value is -3.29. The highest BCUT2D eigenvalue weighted by atomic mass is 32.2. The summed E-state index contributed by atoms with van der Waals surface area (Å²) in [7, 11) is 3.24. The molecule has 5 N–H and O–H groups in total. The molecule has 0 saturated carbocycles. The van der Waals surface area contributed by atoms with Crippen molar-refractivity contribution in [3.8, 4) is 11.5 Å². The van der Waals surface area contributed by atoms with E-state index < -0.39 is 41.9 Å². The zero-order valence-corrected chi connectivity index (χ0v) is 22.3. The summed E-state index contributed by atoms with van der Waals surface area (Å²) in [4.78, 5) is 55.5. The molecule has 0 radical (unpaired) electrons. The Morgan fingerprint density at radius 2 is 1.89 bits per heavy atom. The van der Waals surface area contributed by atoms with Crippen LogP contribution in [0.25, 0.3) is 0 Å². The van der Waals surface area contributed by atoms with E-state index in [0.29, 0.717) is 17.9 Å². The molecule has 3 heterocycles. The molecule has 2 fully saturated rings. The number of phenols is 2. The van der Waals surface area contributed by atoms with Crippen LogP contribution in [0.5, 0.6) is 11.5 Å². The molecular weight excluding hydrogens is 516 g/mol. The minimum absolute atomic E-state index is 0.0757. The molecule has 1 aromatic carbocycles. The van der Waals surface area contributed by atoms with Gasteiger partial charge >= 0.3 is 5.97 Å². The number of rotatable bonds is 8. The van der Waals surface area contributed by atoms with Crippen molar-refractivity contribution in [2.24, 2.45) is 11.8 Å². The van der Waals surface area contributed by atoms with Crippen molar-refractivity contribution >= 4 is 41.1 Å². The molecule has 13 heteroatoms. The number of likely N-dealkylation sites (tertiary alicyclic amines) is 1. The van der Waals surface area contributed by atoms with E-state index in [-0.39, 0.29) is 46.5 Å². The Bertz CT molecular complexity index is 1200. The number of thioether (sulfide) groups is 1. The zero-order chi connectivity index (χ0) is 28.0. The number of aromatic hydroxyl groups is 2. The molecule has 0 spiro atoms. The van der Waals surface area contributed by atoms with Crippen LogP contribution in [0.4, 0.5) is 5.69 Å². The van der Waals surface area contributed by atoms with E-state index >= 15 is 0 Å². The first-order valence-corrected chi connectivity index (χ1v) is 13.1. The number of carboxylic acid groups (broad SMARTS) is 1. The minimum atomic E-state index is -1.22. The van der Waals surface area contributed by atoms with Gasteiger partial charge < -0.3 is 35.5 Å². The maximum atomic E-state index is 13.0. The lowest BCUT2D eigenvalue weighted by Gasteiger charge is -2.46.